The van der Waals surface area contributed by atoms with Gasteiger partial charge in [0.25, 0.3) is 5.56 Å². The summed E-state index contributed by atoms with van der Waals surface area (Å²) in [5.74, 6) is -0.354. The molecule has 0 bridgehead atoms. The fourth-order valence-electron chi connectivity index (χ4n) is 4.08. The predicted molar refractivity (Wildman–Crippen MR) is 127 cm³/mol. The van der Waals surface area contributed by atoms with Gasteiger partial charge in [-0.05, 0) is 43.7 Å². The predicted octanol–water partition coefficient (Wildman–Crippen LogP) is 3.40. The number of pyridine rings is 3. The Morgan fingerprint density at radius 2 is 2.03 bits per heavy atom. The van der Waals surface area contributed by atoms with E-state index in [1.165, 1.54) is 23.0 Å². The van der Waals surface area contributed by atoms with Crippen LogP contribution in [0.15, 0.2) is 60.0 Å². The maximum absolute atomic E-state index is 13.6. The minimum atomic E-state index is -4.59. The fourth-order valence-corrected chi connectivity index (χ4v) is 4.08. The lowest BCUT2D eigenvalue weighted by molar-refractivity contribution is -0.141. The van der Waals surface area contributed by atoms with E-state index in [0.717, 1.165) is 12.3 Å². The molecule has 0 unspecified atom stereocenters. The van der Waals surface area contributed by atoms with Crippen molar-refractivity contribution < 1.29 is 22.7 Å². The average Bonchev–Trinajstić information content (AvgIpc) is 3.41. The molecule has 37 heavy (non-hydrogen) atoms. The minimum Gasteiger partial charge on any atom is -0.379 e. The summed E-state index contributed by atoms with van der Waals surface area (Å²) in [6.45, 7) is 2.56. The third kappa shape index (κ3) is 4.92. The number of carbonyl (C=O) groups is 1. The third-order valence-corrected chi connectivity index (χ3v) is 6.13. The summed E-state index contributed by atoms with van der Waals surface area (Å²) in [4.78, 5) is 43.0. The van der Waals surface area contributed by atoms with E-state index in [2.05, 4.69) is 25.3 Å². The van der Waals surface area contributed by atoms with E-state index >= 15 is 0 Å². The van der Waals surface area contributed by atoms with Gasteiger partial charge in [0.1, 0.15) is 17.3 Å². The number of rotatable bonds is 5. The number of nitrogens with zero attached hydrogens (tertiary/aromatic N) is 5. The summed E-state index contributed by atoms with van der Waals surface area (Å²) in [6.07, 6.45) is 1.57. The van der Waals surface area contributed by atoms with Crippen LogP contribution < -0.4 is 10.9 Å². The highest BCUT2D eigenvalue weighted by Gasteiger charge is 2.32. The van der Waals surface area contributed by atoms with Crippen molar-refractivity contribution in [3.8, 4) is 22.5 Å². The molecule has 1 aliphatic rings. The monoisotopic (exact) mass is 510 g/mol. The molecule has 5 heterocycles. The second-order valence-corrected chi connectivity index (χ2v) is 8.63. The first-order chi connectivity index (χ1) is 17.7. The molecule has 190 valence electrons. The summed E-state index contributed by atoms with van der Waals surface area (Å²) < 4.78 is 45.5. The Balaban J connectivity index is 1.62. The third-order valence-electron chi connectivity index (χ3n) is 6.13. The number of carbonyl (C=O) groups excluding carboxylic acids is 1. The molecule has 4 aromatic heterocycles. The van der Waals surface area contributed by atoms with Gasteiger partial charge in [0.15, 0.2) is 0 Å². The topological polar surface area (TPSA) is 112 Å². The van der Waals surface area contributed by atoms with Gasteiger partial charge in [0, 0.05) is 36.3 Å². The summed E-state index contributed by atoms with van der Waals surface area (Å²) in [6, 6.07) is 5.97. The van der Waals surface area contributed by atoms with Crippen molar-refractivity contribution >= 4 is 16.8 Å². The van der Waals surface area contributed by atoms with Crippen LogP contribution >= 0.6 is 0 Å². The van der Waals surface area contributed by atoms with Crippen LogP contribution in [0.1, 0.15) is 25.1 Å². The lowest BCUT2D eigenvalue weighted by Gasteiger charge is -2.18. The molecular formula is C25H21F3N6O3. The lowest BCUT2D eigenvalue weighted by Crippen LogP contribution is -2.41. The Labute approximate surface area is 208 Å². The summed E-state index contributed by atoms with van der Waals surface area (Å²) >= 11 is 0. The smallest absolute Gasteiger partial charge is 0.379 e. The molecule has 1 fully saturated rings. The molecule has 1 amide bonds. The van der Waals surface area contributed by atoms with E-state index in [1.807, 2.05) is 0 Å². The number of alkyl halides is 3. The van der Waals surface area contributed by atoms with Crippen molar-refractivity contribution in [1.82, 2.24) is 29.8 Å². The number of nitrogens with one attached hydrogen (secondary N) is 1. The normalized spacial score (nSPS) is 16.6. The van der Waals surface area contributed by atoms with E-state index in [4.69, 9.17) is 4.74 Å². The highest BCUT2D eigenvalue weighted by Crippen LogP contribution is 2.31. The maximum Gasteiger partial charge on any atom is 0.433 e. The van der Waals surface area contributed by atoms with Gasteiger partial charge in [-0.2, -0.15) is 13.2 Å². The van der Waals surface area contributed by atoms with Crippen LogP contribution in [0.2, 0.25) is 0 Å². The molecule has 4 aromatic rings. The molecule has 0 spiro atoms. The number of aromatic nitrogens is 5. The van der Waals surface area contributed by atoms with E-state index < -0.39 is 23.5 Å². The van der Waals surface area contributed by atoms with Crippen LogP contribution in [0, 0.1) is 0 Å². The number of fused-ring (bicyclic) bond motifs is 1. The first-order valence-corrected chi connectivity index (χ1v) is 11.5. The minimum absolute atomic E-state index is 0.126. The molecule has 5 rings (SSSR count). The van der Waals surface area contributed by atoms with Gasteiger partial charge in [0.05, 0.1) is 35.8 Å². The molecule has 12 heteroatoms. The number of hydrogen-bond acceptors (Lipinski definition) is 7. The fraction of sp³-hybridized carbons (Fsp3) is 0.280. The van der Waals surface area contributed by atoms with Crippen molar-refractivity contribution in [2.24, 2.45) is 0 Å². The van der Waals surface area contributed by atoms with Gasteiger partial charge in [-0.25, -0.2) is 9.97 Å². The van der Waals surface area contributed by atoms with Crippen LogP contribution in [-0.4, -0.2) is 49.7 Å². The van der Waals surface area contributed by atoms with Crippen LogP contribution in [0.3, 0.4) is 0 Å². The van der Waals surface area contributed by atoms with E-state index in [1.54, 1.807) is 31.5 Å². The summed E-state index contributed by atoms with van der Waals surface area (Å²) in [7, 11) is 0. The molecule has 1 aliphatic heterocycles. The molecule has 0 saturated carbocycles. The van der Waals surface area contributed by atoms with Crippen molar-refractivity contribution in [3.05, 3.63) is 71.3 Å². The van der Waals surface area contributed by atoms with Crippen LogP contribution in [0.25, 0.3) is 33.4 Å². The Morgan fingerprint density at radius 1 is 1.19 bits per heavy atom. The van der Waals surface area contributed by atoms with Crippen molar-refractivity contribution in [2.45, 2.75) is 31.6 Å². The Morgan fingerprint density at radius 3 is 2.68 bits per heavy atom. The summed E-state index contributed by atoms with van der Waals surface area (Å²) in [5, 5.41) is 3.02. The van der Waals surface area contributed by atoms with Gasteiger partial charge in [0.2, 0.25) is 5.91 Å². The standard InChI is InChI=1S/C25H21F3N6O3/c1-14(23(35)32-17-6-8-37-12-17)34-13-31-22-18(24(34)36)9-19(33-21(22)16-3-2-7-29-10-16)15-4-5-20(30-11-15)25(26,27)28/h2-5,7,9-11,13-14,17H,6,8,12H2,1H3,(H,32,35)/t14-,17-/m0/s1. The van der Waals surface area contributed by atoms with E-state index in [0.29, 0.717) is 30.9 Å². The number of ether oxygens (including phenoxy) is 1. The molecule has 1 saturated heterocycles. The van der Waals surface area contributed by atoms with E-state index in [9.17, 15) is 22.8 Å². The lowest BCUT2D eigenvalue weighted by atomic mass is 10.1. The van der Waals surface area contributed by atoms with Crippen molar-refractivity contribution in [2.75, 3.05) is 13.2 Å². The molecule has 2 atom stereocenters. The SMILES string of the molecule is C[C@@H](C(=O)N[C@H]1CCOC1)n1cnc2c(-c3cccnc3)nc(-c3ccc(C(F)(F)F)nc3)cc2c1=O. The first-order valence-electron chi connectivity index (χ1n) is 11.5. The van der Waals surface area contributed by atoms with Gasteiger partial charge >= 0.3 is 6.18 Å². The first kappa shape index (κ1) is 24.5. The molecule has 9 nitrogen and oxygen atoms in total. The number of halogens is 3. The van der Waals surface area contributed by atoms with Gasteiger partial charge in [-0.3, -0.25) is 24.1 Å². The van der Waals surface area contributed by atoms with Crippen LogP contribution in [-0.2, 0) is 15.7 Å². The second kappa shape index (κ2) is 9.69. The number of hydrogen-bond donors (Lipinski definition) is 1. The van der Waals surface area contributed by atoms with Crippen molar-refractivity contribution in [1.29, 1.82) is 0 Å². The molecule has 0 aromatic carbocycles. The highest BCUT2D eigenvalue weighted by molar-refractivity contribution is 5.93. The Kier molecular flexibility index (Phi) is 6.42. The summed E-state index contributed by atoms with van der Waals surface area (Å²) in [5.41, 5.74) is 0.127. The Bertz CT molecular complexity index is 1500. The highest BCUT2D eigenvalue weighted by atomic mass is 19.4. The van der Waals surface area contributed by atoms with Crippen molar-refractivity contribution in [3.63, 3.8) is 0 Å². The van der Waals surface area contributed by atoms with E-state index in [-0.39, 0.29) is 34.1 Å². The zero-order valence-electron chi connectivity index (χ0n) is 19.6. The Hall–Kier alpha value is -4.19. The zero-order valence-corrected chi connectivity index (χ0v) is 19.6. The van der Waals surface area contributed by atoms with Gasteiger partial charge in [-0.1, -0.05) is 0 Å². The van der Waals surface area contributed by atoms with Gasteiger partial charge < -0.3 is 10.1 Å². The van der Waals surface area contributed by atoms with Crippen LogP contribution in [0.4, 0.5) is 13.2 Å². The zero-order chi connectivity index (χ0) is 26.2. The number of amides is 1. The molecule has 0 radical (unpaired) electrons. The molecule has 1 N–H and O–H groups in total. The maximum atomic E-state index is 13.6. The largest absolute Gasteiger partial charge is 0.433 e. The average molecular weight is 510 g/mol. The van der Waals surface area contributed by atoms with Gasteiger partial charge in [-0.15, -0.1) is 0 Å². The quantitative estimate of drug-likeness (QED) is 0.438. The molecular weight excluding hydrogens is 489 g/mol. The second-order valence-electron chi connectivity index (χ2n) is 8.63. The van der Waals surface area contributed by atoms with Crippen LogP contribution in [0.5, 0.6) is 0 Å². The molecule has 0 aliphatic carbocycles.